The Labute approximate surface area is 123 Å². The number of benzene rings is 1. The van der Waals surface area contributed by atoms with Crippen LogP contribution in [0.4, 0.5) is 4.39 Å². The van der Waals surface area contributed by atoms with E-state index in [1.54, 1.807) is 25.8 Å². The van der Waals surface area contributed by atoms with Crippen molar-refractivity contribution in [2.75, 3.05) is 25.2 Å². The average molecular weight is 319 g/mol. The Hall–Kier alpha value is -0.630. The summed E-state index contributed by atoms with van der Waals surface area (Å²) in [5.74, 6) is 1.32. The molecule has 20 heavy (non-hydrogen) atoms. The summed E-state index contributed by atoms with van der Waals surface area (Å²) in [6.45, 7) is 1.77. The first-order chi connectivity index (χ1) is 9.38. The number of sulfonamides is 1. The number of rotatable bonds is 5. The van der Waals surface area contributed by atoms with E-state index in [0.29, 0.717) is 5.56 Å². The predicted molar refractivity (Wildman–Crippen MR) is 78.0 cm³/mol. The van der Waals surface area contributed by atoms with Gasteiger partial charge >= 0.3 is 0 Å². The molecule has 7 heteroatoms. The molecule has 1 aliphatic rings. The summed E-state index contributed by atoms with van der Waals surface area (Å²) in [4.78, 5) is 0.0771. The van der Waals surface area contributed by atoms with Crippen LogP contribution in [0.5, 0.6) is 0 Å². The molecular formula is C13H18FNO3S2. The van der Waals surface area contributed by atoms with E-state index < -0.39 is 21.4 Å². The number of hydrogen-bond acceptors (Lipinski definition) is 4. The molecule has 1 atom stereocenters. The highest BCUT2D eigenvalue weighted by Crippen LogP contribution is 2.30. The molecule has 0 aliphatic carbocycles. The first-order valence-electron chi connectivity index (χ1n) is 6.27. The Morgan fingerprint density at radius 1 is 1.50 bits per heavy atom. The minimum absolute atomic E-state index is 0.0771. The largest absolute Gasteiger partial charge is 0.376 e. The lowest BCUT2D eigenvalue weighted by atomic mass is 10.0. The van der Waals surface area contributed by atoms with Gasteiger partial charge in [-0.3, -0.25) is 0 Å². The van der Waals surface area contributed by atoms with E-state index in [-0.39, 0.29) is 11.4 Å². The molecule has 2 rings (SSSR count). The van der Waals surface area contributed by atoms with Crippen LogP contribution < -0.4 is 4.72 Å². The predicted octanol–water partition coefficient (Wildman–Crippen LogP) is 1.93. The Morgan fingerprint density at radius 2 is 2.25 bits per heavy atom. The maximum atomic E-state index is 13.2. The number of thioether (sulfide) groups is 1. The molecule has 1 N–H and O–H groups in total. The van der Waals surface area contributed by atoms with Gasteiger partial charge in [-0.05, 0) is 42.9 Å². The van der Waals surface area contributed by atoms with Gasteiger partial charge in [0, 0.05) is 19.4 Å². The fourth-order valence-electron chi connectivity index (χ4n) is 2.06. The van der Waals surface area contributed by atoms with E-state index in [2.05, 4.69) is 4.72 Å². The van der Waals surface area contributed by atoms with E-state index in [9.17, 15) is 12.8 Å². The second kappa shape index (κ2) is 6.01. The normalized spacial score (nSPS) is 23.1. The average Bonchev–Trinajstić information content (AvgIpc) is 2.89. The molecule has 1 aromatic carbocycles. The lowest BCUT2D eigenvalue weighted by Crippen LogP contribution is -2.44. The van der Waals surface area contributed by atoms with E-state index in [4.69, 9.17) is 4.74 Å². The fourth-order valence-corrected chi connectivity index (χ4v) is 4.65. The van der Waals surface area contributed by atoms with Crippen LogP contribution in [0.2, 0.25) is 0 Å². The Balaban J connectivity index is 2.13. The smallest absolute Gasteiger partial charge is 0.240 e. The van der Waals surface area contributed by atoms with Crippen molar-refractivity contribution < 1.29 is 17.5 Å². The molecule has 112 valence electrons. The Bertz CT molecular complexity index is 583. The van der Waals surface area contributed by atoms with Crippen LogP contribution in [0.25, 0.3) is 0 Å². The zero-order valence-electron chi connectivity index (χ0n) is 11.5. The van der Waals surface area contributed by atoms with Gasteiger partial charge in [0.25, 0.3) is 0 Å². The Kier molecular flexibility index (Phi) is 4.73. The quantitative estimate of drug-likeness (QED) is 0.901. The summed E-state index contributed by atoms with van der Waals surface area (Å²) in [6, 6.07) is 3.77. The van der Waals surface area contributed by atoms with Gasteiger partial charge in [-0.2, -0.15) is 11.8 Å². The van der Waals surface area contributed by atoms with Gasteiger partial charge in [0.2, 0.25) is 10.0 Å². The molecule has 4 nitrogen and oxygen atoms in total. The van der Waals surface area contributed by atoms with Crippen molar-refractivity contribution in [3.05, 3.63) is 29.6 Å². The topological polar surface area (TPSA) is 55.4 Å². The molecule has 1 fully saturated rings. The van der Waals surface area contributed by atoms with E-state index in [1.165, 1.54) is 18.2 Å². The van der Waals surface area contributed by atoms with Gasteiger partial charge in [0.15, 0.2) is 0 Å². The molecule has 0 spiro atoms. The van der Waals surface area contributed by atoms with Crippen LogP contribution in [0, 0.1) is 12.7 Å². The minimum atomic E-state index is -3.64. The molecule has 0 bridgehead atoms. The van der Waals surface area contributed by atoms with Crippen LogP contribution in [0.15, 0.2) is 23.1 Å². The van der Waals surface area contributed by atoms with Crippen molar-refractivity contribution in [2.24, 2.45) is 0 Å². The summed E-state index contributed by atoms with van der Waals surface area (Å²) in [6.07, 6.45) is 0.819. The van der Waals surface area contributed by atoms with Gasteiger partial charge in [-0.15, -0.1) is 0 Å². The molecule has 0 saturated carbocycles. The van der Waals surface area contributed by atoms with Crippen LogP contribution in [-0.4, -0.2) is 39.2 Å². The van der Waals surface area contributed by atoms with E-state index in [0.717, 1.165) is 17.9 Å². The number of ether oxygens (including phenoxy) is 1. The van der Waals surface area contributed by atoms with Crippen LogP contribution in [-0.2, 0) is 14.8 Å². The number of nitrogens with one attached hydrogen (secondary N) is 1. The van der Waals surface area contributed by atoms with Gasteiger partial charge in [0.05, 0.1) is 10.5 Å². The van der Waals surface area contributed by atoms with Gasteiger partial charge in [-0.25, -0.2) is 17.5 Å². The number of halogens is 1. The van der Waals surface area contributed by atoms with E-state index in [1.807, 2.05) is 0 Å². The molecule has 1 aliphatic heterocycles. The summed E-state index contributed by atoms with van der Waals surface area (Å²) in [5.41, 5.74) is -0.127. The first kappa shape index (κ1) is 15.8. The highest BCUT2D eigenvalue weighted by atomic mass is 32.2. The fraction of sp³-hybridized carbons (Fsp3) is 0.538. The highest BCUT2D eigenvalue weighted by Gasteiger charge is 2.35. The molecule has 0 aromatic heterocycles. The van der Waals surface area contributed by atoms with Crippen molar-refractivity contribution in [1.29, 1.82) is 0 Å². The third-order valence-electron chi connectivity index (χ3n) is 3.52. The van der Waals surface area contributed by atoms with Crippen LogP contribution in [0.3, 0.4) is 0 Å². The zero-order valence-corrected chi connectivity index (χ0v) is 13.1. The molecule has 1 aromatic rings. The molecule has 0 radical (unpaired) electrons. The lowest BCUT2D eigenvalue weighted by molar-refractivity contribution is 0.0179. The number of aryl methyl sites for hydroxylation is 1. The standard InChI is InChI=1S/C13H18FNO3S2/c1-10-7-11(3-4-12(10)14)20(16,17)15-8-13(18-2)5-6-19-9-13/h3-4,7,15H,5-6,8-9H2,1-2H3/t13-/m1/s1. The van der Waals surface area contributed by atoms with Crippen molar-refractivity contribution in [3.8, 4) is 0 Å². The van der Waals surface area contributed by atoms with Crippen molar-refractivity contribution >= 4 is 21.8 Å². The van der Waals surface area contributed by atoms with Gasteiger partial charge in [-0.1, -0.05) is 0 Å². The van der Waals surface area contributed by atoms with Gasteiger partial charge in [0.1, 0.15) is 5.82 Å². The van der Waals surface area contributed by atoms with Crippen molar-refractivity contribution in [3.63, 3.8) is 0 Å². The lowest BCUT2D eigenvalue weighted by Gasteiger charge is -2.26. The third kappa shape index (κ3) is 3.33. The van der Waals surface area contributed by atoms with E-state index >= 15 is 0 Å². The molecular weight excluding hydrogens is 301 g/mol. The second-order valence-corrected chi connectivity index (χ2v) is 7.80. The third-order valence-corrected chi connectivity index (χ3v) is 6.15. The maximum Gasteiger partial charge on any atom is 0.240 e. The summed E-state index contributed by atoms with van der Waals surface area (Å²) >= 11 is 1.75. The molecule has 0 unspecified atom stereocenters. The molecule has 1 heterocycles. The van der Waals surface area contributed by atoms with Crippen LogP contribution >= 0.6 is 11.8 Å². The monoisotopic (exact) mass is 319 g/mol. The van der Waals surface area contributed by atoms with Crippen molar-refractivity contribution in [1.82, 2.24) is 4.72 Å². The van der Waals surface area contributed by atoms with Crippen molar-refractivity contribution in [2.45, 2.75) is 23.8 Å². The number of methoxy groups -OCH3 is 1. The zero-order chi connectivity index (χ0) is 14.8. The van der Waals surface area contributed by atoms with Crippen LogP contribution in [0.1, 0.15) is 12.0 Å². The van der Waals surface area contributed by atoms with Gasteiger partial charge < -0.3 is 4.74 Å². The minimum Gasteiger partial charge on any atom is -0.376 e. The Morgan fingerprint density at radius 3 is 2.80 bits per heavy atom. The first-order valence-corrected chi connectivity index (χ1v) is 8.91. The molecule has 0 amide bonds. The SMILES string of the molecule is CO[C@@]1(CNS(=O)(=O)c2ccc(F)c(C)c2)CCSC1. The second-order valence-electron chi connectivity index (χ2n) is 4.93. The summed E-state index contributed by atoms with van der Waals surface area (Å²) in [7, 11) is -2.04. The highest BCUT2D eigenvalue weighted by molar-refractivity contribution is 7.99. The summed E-state index contributed by atoms with van der Waals surface area (Å²) < 4.78 is 45.7. The summed E-state index contributed by atoms with van der Waals surface area (Å²) in [5, 5.41) is 0. The number of hydrogen-bond donors (Lipinski definition) is 1. The maximum absolute atomic E-state index is 13.2. The molecule has 1 saturated heterocycles.